The van der Waals surface area contributed by atoms with Crippen molar-refractivity contribution in [3.05, 3.63) is 0 Å². The van der Waals surface area contributed by atoms with E-state index in [1.807, 2.05) is 0 Å². The lowest BCUT2D eigenvalue weighted by molar-refractivity contribution is -0.224. The van der Waals surface area contributed by atoms with Crippen molar-refractivity contribution in [3.8, 4) is 0 Å². The zero-order valence-electron chi connectivity index (χ0n) is 6.14. The summed E-state index contributed by atoms with van der Waals surface area (Å²) in [6.07, 6.45) is -3.19. The van der Waals surface area contributed by atoms with E-state index >= 15 is 0 Å². The molecule has 0 fully saturated rings. The molecule has 0 aromatic heterocycles. The van der Waals surface area contributed by atoms with Crippen molar-refractivity contribution in [1.29, 1.82) is 0 Å². The van der Waals surface area contributed by atoms with Gasteiger partial charge in [-0.05, 0) is 6.42 Å². The first-order valence-electron chi connectivity index (χ1n) is 3.15. The average Bonchev–Trinajstić information content (AvgIpc) is 1.78. The molecule has 0 amide bonds. The molecule has 3 nitrogen and oxygen atoms in total. The van der Waals surface area contributed by atoms with E-state index in [-0.39, 0.29) is 19.4 Å². The lowest BCUT2D eigenvalue weighted by Gasteiger charge is -2.09. The molecule has 66 valence electrons. The van der Waals surface area contributed by atoms with Crippen LogP contribution < -0.4 is 0 Å². The van der Waals surface area contributed by atoms with Crippen molar-refractivity contribution in [3.63, 3.8) is 0 Å². The van der Waals surface area contributed by atoms with Crippen molar-refractivity contribution < 1.29 is 23.4 Å². The first kappa shape index (κ1) is 10.3. The number of hydrogen-bond donors (Lipinski definition) is 1. The molecule has 0 aliphatic carbocycles. The van der Waals surface area contributed by atoms with Gasteiger partial charge in [0, 0.05) is 13.3 Å². The van der Waals surface area contributed by atoms with Crippen LogP contribution in [0.5, 0.6) is 0 Å². The SMILES string of the molecule is CC(F)(F)OCCCC(=O)O. The van der Waals surface area contributed by atoms with E-state index in [1.54, 1.807) is 0 Å². The Bertz CT molecular complexity index is 130. The van der Waals surface area contributed by atoms with Crippen molar-refractivity contribution in [1.82, 2.24) is 0 Å². The number of rotatable bonds is 5. The maximum Gasteiger partial charge on any atom is 0.352 e. The Balaban J connectivity index is 3.22. The van der Waals surface area contributed by atoms with Gasteiger partial charge in [0.2, 0.25) is 0 Å². The Hall–Kier alpha value is -0.710. The summed E-state index contributed by atoms with van der Waals surface area (Å²) in [4.78, 5) is 9.88. The lowest BCUT2D eigenvalue weighted by atomic mass is 10.3. The maximum atomic E-state index is 11.9. The zero-order valence-corrected chi connectivity index (χ0v) is 6.14. The van der Waals surface area contributed by atoms with Crippen molar-refractivity contribution >= 4 is 5.97 Å². The summed E-state index contributed by atoms with van der Waals surface area (Å²) in [6, 6.07) is 0. The van der Waals surface area contributed by atoms with E-state index in [4.69, 9.17) is 5.11 Å². The molecule has 0 atom stereocenters. The van der Waals surface area contributed by atoms with E-state index < -0.39 is 12.1 Å². The molecule has 0 aliphatic heterocycles. The molecule has 5 heteroatoms. The van der Waals surface area contributed by atoms with Gasteiger partial charge in [0.25, 0.3) is 0 Å². The van der Waals surface area contributed by atoms with Crippen molar-refractivity contribution in [2.24, 2.45) is 0 Å². The third-order valence-electron chi connectivity index (χ3n) is 0.890. The van der Waals surface area contributed by atoms with Crippen LogP contribution in [0.1, 0.15) is 19.8 Å². The highest BCUT2D eigenvalue weighted by molar-refractivity contribution is 5.66. The number of hydrogen-bond acceptors (Lipinski definition) is 2. The third kappa shape index (κ3) is 9.29. The summed E-state index contributed by atoms with van der Waals surface area (Å²) in [6.45, 7) is 0.392. The van der Waals surface area contributed by atoms with Gasteiger partial charge < -0.3 is 9.84 Å². The molecular formula is C6H10F2O3. The minimum absolute atomic E-state index is 0.110. The molecule has 0 radical (unpaired) electrons. The van der Waals surface area contributed by atoms with Crippen LogP contribution in [0.3, 0.4) is 0 Å². The smallest absolute Gasteiger partial charge is 0.352 e. The van der Waals surface area contributed by atoms with Gasteiger partial charge in [-0.25, -0.2) is 0 Å². The van der Waals surface area contributed by atoms with E-state index in [2.05, 4.69) is 4.74 Å². The number of carboxylic acids is 1. The van der Waals surface area contributed by atoms with Gasteiger partial charge in [-0.15, -0.1) is 0 Å². The Morgan fingerprint density at radius 2 is 2.18 bits per heavy atom. The molecular weight excluding hydrogens is 158 g/mol. The van der Waals surface area contributed by atoms with Gasteiger partial charge in [0.15, 0.2) is 0 Å². The molecule has 0 saturated heterocycles. The van der Waals surface area contributed by atoms with Gasteiger partial charge in [0.1, 0.15) is 0 Å². The lowest BCUT2D eigenvalue weighted by Crippen LogP contribution is -2.16. The fourth-order valence-corrected chi connectivity index (χ4v) is 0.475. The molecule has 0 heterocycles. The Kier molecular flexibility index (Phi) is 3.95. The van der Waals surface area contributed by atoms with Gasteiger partial charge in [-0.3, -0.25) is 4.79 Å². The highest BCUT2D eigenvalue weighted by Crippen LogP contribution is 2.13. The van der Waals surface area contributed by atoms with Gasteiger partial charge in [-0.2, -0.15) is 8.78 Å². The first-order chi connectivity index (χ1) is 4.92. The second-order valence-corrected chi connectivity index (χ2v) is 2.15. The summed E-state index contributed by atoms with van der Waals surface area (Å²) < 4.78 is 27.7. The van der Waals surface area contributed by atoms with Crippen LogP contribution in [0.15, 0.2) is 0 Å². The first-order valence-corrected chi connectivity index (χ1v) is 3.15. The van der Waals surface area contributed by atoms with Gasteiger partial charge in [0.05, 0.1) is 6.61 Å². The van der Waals surface area contributed by atoms with Crippen LogP contribution >= 0.6 is 0 Å². The number of carbonyl (C=O) groups is 1. The Morgan fingerprint density at radius 1 is 1.64 bits per heavy atom. The molecule has 0 aromatic rings. The monoisotopic (exact) mass is 168 g/mol. The van der Waals surface area contributed by atoms with Crippen LogP contribution in [0, 0.1) is 0 Å². The zero-order chi connectivity index (χ0) is 8.91. The van der Waals surface area contributed by atoms with Crippen LogP contribution in [-0.2, 0) is 9.53 Å². The molecule has 0 aromatic carbocycles. The summed E-state index contributed by atoms with van der Waals surface area (Å²) in [5.41, 5.74) is 0. The van der Waals surface area contributed by atoms with E-state index in [1.165, 1.54) is 0 Å². The summed E-state index contributed by atoms with van der Waals surface area (Å²) in [7, 11) is 0. The van der Waals surface area contributed by atoms with Crippen LogP contribution in [-0.4, -0.2) is 23.8 Å². The molecule has 0 unspecified atom stereocenters. The number of alkyl halides is 2. The standard InChI is InChI=1S/C6H10F2O3/c1-6(7,8)11-4-2-3-5(9)10/h2-4H2,1H3,(H,9,10). The topological polar surface area (TPSA) is 46.5 Å². The van der Waals surface area contributed by atoms with Crippen molar-refractivity contribution in [2.75, 3.05) is 6.61 Å². The molecule has 0 aliphatic rings. The average molecular weight is 168 g/mol. The largest absolute Gasteiger partial charge is 0.481 e. The van der Waals surface area contributed by atoms with Crippen molar-refractivity contribution in [2.45, 2.75) is 25.9 Å². The second-order valence-electron chi connectivity index (χ2n) is 2.15. The number of aliphatic carboxylic acids is 1. The van der Waals surface area contributed by atoms with Gasteiger partial charge in [-0.1, -0.05) is 0 Å². The molecule has 0 bridgehead atoms. The molecule has 0 saturated carbocycles. The van der Waals surface area contributed by atoms with E-state index in [0.717, 1.165) is 0 Å². The highest BCUT2D eigenvalue weighted by atomic mass is 19.3. The normalized spacial score (nSPS) is 11.5. The van der Waals surface area contributed by atoms with Crippen LogP contribution in [0.2, 0.25) is 0 Å². The van der Waals surface area contributed by atoms with E-state index in [9.17, 15) is 13.6 Å². The minimum Gasteiger partial charge on any atom is -0.481 e. The number of carboxylic acid groups (broad SMARTS) is 1. The highest BCUT2D eigenvalue weighted by Gasteiger charge is 2.20. The molecule has 0 spiro atoms. The Morgan fingerprint density at radius 3 is 2.55 bits per heavy atom. The summed E-state index contributed by atoms with van der Waals surface area (Å²) in [5.74, 6) is -1.01. The number of ether oxygens (including phenoxy) is 1. The Labute approximate surface area is 63.0 Å². The quantitative estimate of drug-likeness (QED) is 0.632. The fraction of sp³-hybridized carbons (Fsp3) is 0.833. The maximum absolute atomic E-state index is 11.9. The fourth-order valence-electron chi connectivity index (χ4n) is 0.475. The predicted octanol–water partition coefficient (Wildman–Crippen LogP) is 1.48. The minimum atomic E-state index is -3.15. The van der Waals surface area contributed by atoms with Crippen LogP contribution in [0.4, 0.5) is 8.78 Å². The van der Waals surface area contributed by atoms with E-state index in [0.29, 0.717) is 6.92 Å². The molecule has 11 heavy (non-hydrogen) atoms. The summed E-state index contributed by atoms with van der Waals surface area (Å²) in [5, 5.41) is 8.10. The molecule has 1 N–H and O–H groups in total. The third-order valence-corrected chi connectivity index (χ3v) is 0.890. The second kappa shape index (κ2) is 4.23. The van der Waals surface area contributed by atoms with Gasteiger partial charge >= 0.3 is 12.1 Å². The van der Waals surface area contributed by atoms with Crippen LogP contribution in [0.25, 0.3) is 0 Å². The predicted molar refractivity (Wildman–Crippen MR) is 33.4 cm³/mol. The summed E-state index contributed by atoms with van der Waals surface area (Å²) >= 11 is 0. The number of halogens is 2. The molecule has 0 rings (SSSR count).